The van der Waals surface area contributed by atoms with Gasteiger partial charge in [-0.25, -0.2) is 5.01 Å². The van der Waals surface area contributed by atoms with Crippen LogP contribution in [0, 0.1) is 0 Å². The normalized spacial score (nSPS) is 16.3. The quantitative estimate of drug-likeness (QED) is 0.396. The first-order valence-electron chi connectivity index (χ1n) is 2.56. The van der Waals surface area contributed by atoms with E-state index in [2.05, 4.69) is 0 Å². The van der Waals surface area contributed by atoms with E-state index in [4.69, 9.17) is 0 Å². The molecule has 0 heterocycles. The summed E-state index contributed by atoms with van der Waals surface area (Å²) in [5.41, 5.74) is 0. The lowest BCUT2D eigenvalue weighted by Crippen LogP contribution is -3.22. The zero-order valence-corrected chi connectivity index (χ0v) is 5.66. The van der Waals surface area contributed by atoms with Crippen LogP contribution in [0.15, 0.2) is 0 Å². The first kappa shape index (κ1) is 8.77. The van der Waals surface area contributed by atoms with E-state index in [-0.39, 0.29) is 0 Å². The van der Waals surface area contributed by atoms with Gasteiger partial charge in [-0.1, -0.05) is 0 Å². The average Bonchev–Trinajstić information content (AvgIpc) is 1.62. The highest BCUT2D eigenvalue weighted by Crippen LogP contribution is 1.95. The third-order valence-corrected chi connectivity index (χ3v) is 1.18. The molecule has 0 saturated heterocycles. The van der Waals surface area contributed by atoms with Crippen molar-refractivity contribution in [2.45, 2.75) is 0 Å². The molecule has 0 aliphatic rings. The number of hydrogen-bond donors (Lipinski definition) is 1. The average molecular weight is 142 g/mol. The molecule has 0 aromatic heterocycles. The van der Waals surface area contributed by atoms with E-state index in [9.17, 15) is 12.9 Å². The second-order valence-electron chi connectivity index (χ2n) is 2.11. The van der Waals surface area contributed by atoms with Crippen LogP contribution in [0.4, 0.5) is 12.9 Å². The van der Waals surface area contributed by atoms with Crippen molar-refractivity contribution in [2.24, 2.45) is 0 Å². The lowest BCUT2D eigenvalue weighted by molar-refractivity contribution is -0.916. The summed E-state index contributed by atoms with van der Waals surface area (Å²) in [6.07, 6.45) is 0. The fourth-order valence-corrected chi connectivity index (χ4v) is 0.293. The van der Waals surface area contributed by atoms with Crippen LogP contribution in [-0.4, -0.2) is 33.3 Å². The van der Waals surface area contributed by atoms with Crippen LogP contribution < -0.4 is 4.92 Å². The van der Waals surface area contributed by atoms with Crippen LogP contribution >= 0.6 is 0 Å². The van der Waals surface area contributed by atoms with E-state index in [1.165, 1.54) is 14.1 Å². The highest BCUT2D eigenvalue weighted by molar-refractivity contribution is 6.48. The molecule has 0 rings (SSSR count). The molecular formula is C3H10BF3N2. The molecule has 6 heteroatoms. The molecular weight excluding hydrogens is 132 g/mol. The van der Waals surface area contributed by atoms with Crippen molar-refractivity contribution in [3.63, 3.8) is 0 Å². The fourth-order valence-electron chi connectivity index (χ4n) is 0.293. The Bertz CT molecular complexity index is 91.5. The summed E-state index contributed by atoms with van der Waals surface area (Å²) < 4.78 is 35.1. The maximum atomic E-state index is 11.7. The SMILES string of the molecule is CN(C)[NH+](C)[B-](F)(F)F. The molecule has 0 aliphatic heterocycles. The molecule has 9 heavy (non-hydrogen) atoms. The lowest BCUT2D eigenvalue weighted by Gasteiger charge is -2.28. The maximum absolute atomic E-state index is 11.7. The van der Waals surface area contributed by atoms with Gasteiger partial charge < -0.3 is 17.9 Å². The van der Waals surface area contributed by atoms with Crippen LogP contribution in [0.1, 0.15) is 0 Å². The van der Waals surface area contributed by atoms with E-state index < -0.39 is 12.0 Å². The third-order valence-electron chi connectivity index (χ3n) is 1.18. The van der Waals surface area contributed by atoms with Gasteiger partial charge in [-0.3, -0.25) is 0 Å². The molecule has 0 aromatic rings. The van der Waals surface area contributed by atoms with E-state index in [0.717, 1.165) is 12.1 Å². The molecule has 0 bridgehead atoms. The predicted molar refractivity (Wildman–Crippen MR) is 29.7 cm³/mol. The van der Waals surface area contributed by atoms with Crippen molar-refractivity contribution in [1.29, 1.82) is 0 Å². The van der Waals surface area contributed by atoms with Gasteiger partial charge >= 0.3 is 7.11 Å². The van der Waals surface area contributed by atoms with Crippen molar-refractivity contribution in [1.82, 2.24) is 5.01 Å². The fraction of sp³-hybridized carbons (Fsp3) is 1.00. The summed E-state index contributed by atoms with van der Waals surface area (Å²) in [7, 11) is -0.935. The van der Waals surface area contributed by atoms with Crippen molar-refractivity contribution in [3.8, 4) is 0 Å². The van der Waals surface area contributed by atoms with Crippen molar-refractivity contribution in [2.75, 3.05) is 21.1 Å². The van der Waals surface area contributed by atoms with Gasteiger partial charge in [0.1, 0.15) is 0 Å². The van der Waals surface area contributed by atoms with E-state index in [1.54, 1.807) is 0 Å². The Morgan fingerprint density at radius 2 is 1.56 bits per heavy atom. The summed E-state index contributed by atoms with van der Waals surface area (Å²) in [6, 6.07) is 0. The van der Waals surface area contributed by atoms with Gasteiger partial charge in [0.15, 0.2) is 0 Å². The van der Waals surface area contributed by atoms with Gasteiger partial charge in [0.25, 0.3) is 0 Å². The van der Waals surface area contributed by atoms with Crippen LogP contribution in [0.25, 0.3) is 0 Å². The Hall–Kier alpha value is -0.225. The molecule has 56 valence electrons. The standard InChI is InChI=1S/C3H10BF3N2/c1-8(2)9(3)4(5,6)7/h9H,1-3H3. The molecule has 0 fully saturated rings. The summed E-state index contributed by atoms with van der Waals surface area (Å²) in [5, 5.41) is 1.07. The number of hydrogen-bond acceptors (Lipinski definition) is 1. The van der Waals surface area contributed by atoms with Gasteiger partial charge in [-0.05, 0) is 0 Å². The van der Waals surface area contributed by atoms with Crippen molar-refractivity contribution >= 4 is 7.11 Å². The first-order valence-corrected chi connectivity index (χ1v) is 2.56. The number of quaternary nitrogens is 1. The summed E-state index contributed by atoms with van der Waals surface area (Å²) in [5.74, 6) is 0. The predicted octanol–water partition coefficient (Wildman–Crippen LogP) is -0.678. The largest absolute Gasteiger partial charge is 0.749 e. The third kappa shape index (κ3) is 2.71. The number of nitrogens with zero attached hydrogens (tertiary/aromatic N) is 1. The molecule has 2 nitrogen and oxygen atoms in total. The molecule has 1 unspecified atom stereocenters. The van der Waals surface area contributed by atoms with Gasteiger partial charge in [-0.15, -0.1) is 0 Å². The maximum Gasteiger partial charge on any atom is 0.749 e. The molecule has 1 N–H and O–H groups in total. The lowest BCUT2D eigenvalue weighted by atomic mass is 10.1. The molecule has 0 saturated carbocycles. The highest BCUT2D eigenvalue weighted by Gasteiger charge is 2.40. The van der Waals surface area contributed by atoms with Crippen molar-refractivity contribution < 1.29 is 17.9 Å². The van der Waals surface area contributed by atoms with Crippen molar-refractivity contribution in [3.05, 3.63) is 0 Å². The van der Waals surface area contributed by atoms with Crippen LogP contribution in [0.2, 0.25) is 0 Å². The Labute approximate surface area is 52.3 Å². The molecule has 0 amide bonds. The zero-order chi connectivity index (χ0) is 7.65. The minimum absolute atomic E-state index is 0.519. The number of nitrogens with one attached hydrogen (secondary N) is 1. The van der Waals surface area contributed by atoms with Gasteiger partial charge in [0.2, 0.25) is 0 Å². The van der Waals surface area contributed by atoms with Gasteiger partial charge in [0.05, 0.1) is 0 Å². The molecule has 0 aromatic carbocycles. The molecule has 0 aliphatic carbocycles. The summed E-state index contributed by atoms with van der Waals surface area (Å²) >= 11 is 0. The Balaban J connectivity index is 3.88. The highest BCUT2D eigenvalue weighted by atomic mass is 19.4. The number of halogens is 3. The molecule has 1 atom stereocenters. The Morgan fingerprint density at radius 3 is 1.56 bits per heavy atom. The summed E-state index contributed by atoms with van der Waals surface area (Å²) in [4.78, 5) is -0.519. The Morgan fingerprint density at radius 1 is 1.22 bits per heavy atom. The molecule has 0 spiro atoms. The monoisotopic (exact) mass is 142 g/mol. The van der Waals surface area contributed by atoms with E-state index in [0.29, 0.717) is 0 Å². The Kier molecular flexibility index (Phi) is 2.51. The van der Waals surface area contributed by atoms with E-state index in [1.807, 2.05) is 0 Å². The second-order valence-corrected chi connectivity index (χ2v) is 2.11. The van der Waals surface area contributed by atoms with E-state index >= 15 is 0 Å². The minimum Gasteiger partial charge on any atom is -0.386 e. The van der Waals surface area contributed by atoms with Crippen LogP contribution in [0.3, 0.4) is 0 Å². The number of rotatable bonds is 2. The second kappa shape index (κ2) is 2.57. The summed E-state index contributed by atoms with van der Waals surface area (Å²) in [6.45, 7) is 0. The zero-order valence-electron chi connectivity index (χ0n) is 5.66. The molecule has 0 radical (unpaired) electrons. The van der Waals surface area contributed by atoms with Gasteiger partial charge in [0, 0.05) is 21.1 Å². The first-order chi connectivity index (χ1) is 3.85. The van der Waals surface area contributed by atoms with Gasteiger partial charge in [-0.2, -0.15) is 0 Å². The van der Waals surface area contributed by atoms with Crippen LogP contribution in [0.5, 0.6) is 0 Å². The topological polar surface area (TPSA) is 7.68 Å². The minimum atomic E-state index is -4.76. The van der Waals surface area contributed by atoms with Crippen LogP contribution in [-0.2, 0) is 0 Å². The smallest absolute Gasteiger partial charge is 0.386 e.